The van der Waals surface area contributed by atoms with Crippen molar-refractivity contribution in [2.24, 2.45) is 0 Å². The molecule has 1 aliphatic carbocycles. The van der Waals surface area contributed by atoms with Crippen molar-refractivity contribution in [3.05, 3.63) is 59.1 Å². The Morgan fingerprint density at radius 2 is 2.13 bits per heavy atom. The van der Waals surface area contributed by atoms with Crippen LogP contribution in [0.15, 0.2) is 40.9 Å². The summed E-state index contributed by atoms with van der Waals surface area (Å²) in [6.45, 7) is 1.30. The van der Waals surface area contributed by atoms with E-state index >= 15 is 0 Å². The van der Waals surface area contributed by atoms with E-state index in [0.717, 1.165) is 12.6 Å². The molecule has 1 fully saturated rings. The van der Waals surface area contributed by atoms with E-state index in [4.69, 9.17) is 9.15 Å². The van der Waals surface area contributed by atoms with Gasteiger partial charge in [-0.15, -0.1) is 0 Å². The van der Waals surface area contributed by atoms with Crippen LogP contribution in [0.5, 0.6) is 5.75 Å². The number of furan rings is 1. The second kappa shape index (κ2) is 7.61. The molecule has 1 N–H and O–H groups in total. The molecule has 0 bridgehead atoms. The SMILES string of the molecule is Cc1oc2ccc(OCc3cccnc3C(F)(F)F)cc2c1C(=O)NC1(C#N)CCC1. The van der Waals surface area contributed by atoms with Gasteiger partial charge in [-0.3, -0.25) is 9.78 Å². The number of aromatic nitrogens is 1. The van der Waals surface area contributed by atoms with Gasteiger partial charge in [0.2, 0.25) is 0 Å². The Labute approximate surface area is 175 Å². The molecule has 1 aromatic carbocycles. The lowest BCUT2D eigenvalue weighted by Gasteiger charge is -2.35. The molecule has 31 heavy (non-hydrogen) atoms. The molecule has 9 heteroatoms. The molecule has 6 nitrogen and oxygen atoms in total. The van der Waals surface area contributed by atoms with Crippen LogP contribution in [0.1, 0.15) is 46.6 Å². The molecule has 1 amide bonds. The summed E-state index contributed by atoms with van der Waals surface area (Å²) < 4.78 is 50.6. The van der Waals surface area contributed by atoms with Crippen LogP contribution in [0.4, 0.5) is 13.2 Å². The lowest BCUT2D eigenvalue weighted by molar-refractivity contribution is -0.142. The van der Waals surface area contributed by atoms with Gasteiger partial charge in [-0.05, 0) is 50.5 Å². The van der Waals surface area contributed by atoms with Gasteiger partial charge in [0, 0.05) is 17.1 Å². The quantitative estimate of drug-likeness (QED) is 0.623. The molecule has 0 aliphatic heterocycles. The van der Waals surface area contributed by atoms with Crippen LogP contribution in [-0.4, -0.2) is 16.4 Å². The number of nitrogens with one attached hydrogen (secondary N) is 1. The molecule has 2 heterocycles. The number of rotatable bonds is 5. The second-order valence-electron chi connectivity index (χ2n) is 7.49. The summed E-state index contributed by atoms with van der Waals surface area (Å²) in [4.78, 5) is 16.3. The zero-order valence-electron chi connectivity index (χ0n) is 16.5. The van der Waals surface area contributed by atoms with Gasteiger partial charge in [-0.1, -0.05) is 6.07 Å². The molecule has 0 saturated heterocycles. The number of pyridine rings is 1. The van der Waals surface area contributed by atoms with Crippen LogP contribution in [0.25, 0.3) is 11.0 Å². The topological polar surface area (TPSA) is 88.2 Å². The molecule has 0 radical (unpaired) electrons. The predicted molar refractivity (Wildman–Crippen MR) is 104 cm³/mol. The van der Waals surface area contributed by atoms with Crippen LogP contribution < -0.4 is 10.1 Å². The third-order valence-corrected chi connectivity index (χ3v) is 5.39. The Balaban J connectivity index is 1.60. The van der Waals surface area contributed by atoms with Crippen LogP contribution in [0, 0.1) is 18.3 Å². The first-order chi connectivity index (χ1) is 14.7. The number of aryl methyl sites for hydroxylation is 1. The van der Waals surface area contributed by atoms with Crippen molar-refractivity contribution in [1.82, 2.24) is 10.3 Å². The Hall–Kier alpha value is -3.54. The molecule has 2 aromatic heterocycles. The molecule has 1 saturated carbocycles. The fraction of sp³-hybridized carbons (Fsp3) is 0.318. The third kappa shape index (κ3) is 3.93. The largest absolute Gasteiger partial charge is 0.489 e. The number of carbonyl (C=O) groups is 1. The predicted octanol–water partition coefficient (Wildman–Crippen LogP) is 4.91. The number of halogens is 3. The van der Waals surface area contributed by atoms with Gasteiger partial charge in [-0.25, -0.2) is 0 Å². The van der Waals surface area contributed by atoms with Gasteiger partial charge >= 0.3 is 6.18 Å². The Morgan fingerprint density at radius 3 is 2.77 bits per heavy atom. The number of fused-ring (bicyclic) bond motifs is 1. The molecule has 0 unspecified atom stereocenters. The molecule has 0 spiro atoms. The van der Waals surface area contributed by atoms with Crippen LogP contribution in [0.3, 0.4) is 0 Å². The molecule has 3 aromatic rings. The maximum absolute atomic E-state index is 13.1. The fourth-order valence-electron chi connectivity index (χ4n) is 3.62. The summed E-state index contributed by atoms with van der Waals surface area (Å²) in [5.41, 5.74) is -1.25. The van der Waals surface area contributed by atoms with Crippen molar-refractivity contribution >= 4 is 16.9 Å². The summed E-state index contributed by atoms with van der Waals surface area (Å²) in [7, 11) is 0. The third-order valence-electron chi connectivity index (χ3n) is 5.39. The summed E-state index contributed by atoms with van der Waals surface area (Å²) in [6.07, 6.45) is -1.47. The zero-order valence-corrected chi connectivity index (χ0v) is 16.5. The zero-order chi connectivity index (χ0) is 22.2. The van der Waals surface area contributed by atoms with Crippen LogP contribution >= 0.6 is 0 Å². The van der Waals surface area contributed by atoms with E-state index in [-0.39, 0.29) is 23.5 Å². The molecule has 1 aliphatic rings. The molecular weight excluding hydrogens is 411 g/mol. The van der Waals surface area contributed by atoms with Gasteiger partial charge in [0.25, 0.3) is 5.91 Å². The number of nitrogens with zero attached hydrogens (tertiary/aromatic N) is 2. The highest BCUT2D eigenvalue weighted by Gasteiger charge is 2.39. The summed E-state index contributed by atoms with van der Waals surface area (Å²) in [5, 5.41) is 12.6. The van der Waals surface area contributed by atoms with Gasteiger partial charge in [0.1, 0.15) is 29.2 Å². The van der Waals surface area contributed by atoms with Crippen molar-refractivity contribution in [3.8, 4) is 11.8 Å². The minimum atomic E-state index is -4.59. The van der Waals surface area contributed by atoms with Gasteiger partial charge in [0.05, 0.1) is 11.6 Å². The first-order valence-corrected chi connectivity index (χ1v) is 9.63. The number of ether oxygens (including phenoxy) is 1. The van der Waals surface area contributed by atoms with Crippen molar-refractivity contribution in [1.29, 1.82) is 5.26 Å². The summed E-state index contributed by atoms with van der Waals surface area (Å²) >= 11 is 0. The standard InChI is InChI=1S/C22H18F3N3O3/c1-13-18(20(29)28-21(12-26)7-3-8-21)16-10-15(5-6-17(16)31-13)30-11-14-4-2-9-27-19(14)22(23,24)25/h2,4-6,9-10H,3,7-8,11H2,1H3,(H,28,29). The molecule has 0 atom stereocenters. The van der Waals surface area contributed by atoms with E-state index < -0.39 is 23.3 Å². The molecule has 160 valence electrons. The second-order valence-corrected chi connectivity index (χ2v) is 7.49. The van der Waals surface area contributed by atoms with E-state index in [0.29, 0.717) is 29.6 Å². The number of alkyl halides is 3. The van der Waals surface area contributed by atoms with Crippen LogP contribution in [0.2, 0.25) is 0 Å². The van der Waals surface area contributed by atoms with Gasteiger partial charge in [0.15, 0.2) is 5.69 Å². The normalized spacial score (nSPS) is 15.2. The number of carbonyl (C=O) groups excluding carboxylic acids is 1. The van der Waals surface area contributed by atoms with Crippen LogP contribution in [-0.2, 0) is 12.8 Å². The highest BCUT2D eigenvalue weighted by Crippen LogP contribution is 2.34. The van der Waals surface area contributed by atoms with Gasteiger partial charge < -0.3 is 14.5 Å². The van der Waals surface area contributed by atoms with E-state index in [9.17, 15) is 23.2 Å². The lowest BCUT2D eigenvalue weighted by Crippen LogP contribution is -2.52. The van der Waals surface area contributed by atoms with E-state index in [1.165, 1.54) is 12.1 Å². The van der Waals surface area contributed by atoms with Crippen molar-refractivity contribution in [3.63, 3.8) is 0 Å². The first-order valence-electron chi connectivity index (χ1n) is 9.63. The summed E-state index contributed by atoms with van der Waals surface area (Å²) in [5.74, 6) is 0.225. The maximum Gasteiger partial charge on any atom is 0.433 e. The molecule has 4 rings (SSSR count). The number of nitriles is 1. The first kappa shape index (κ1) is 20.7. The maximum atomic E-state index is 13.1. The van der Waals surface area contributed by atoms with E-state index in [2.05, 4.69) is 16.4 Å². The lowest BCUT2D eigenvalue weighted by atomic mass is 9.78. The molecular formula is C22H18F3N3O3. The van der Waals surface area contributed by atoms with E-state index in [1.54, 1.807) is 25.1 Å². The van der Waals surface area contributed by atoms with Crippen molar-refractivity contribution in [2.75, 3.05) is 0 Å². The number of hydrogen-bond donors (Lipinski definition) is 1. The Morgan fingerprint density at radius 1 is 1.35 bits per heavy atom. The smallest absolute Gasteiger partial charge is 0.433 e. The Bertz CT molecular complexity index is 1190. The monoisotopic (exact) mass is 429 g/mol. The summed E-state index contributed by atoms with van der Waals surface area (Å²) in [6, 6.07) is 9.56. The van der Waals surface area contributed by atoms with Gasteiger partial charge in [-0.2, -0.15) is 18.4 Å². The van der Waals surface area contributed by atoms with Crippen molar-refractivity contribution in [2.45, 2.75) is 44.5 Å². The highest BCUT2D eigenvalue weighted by atomic mass is 19.4. The number of amides is 1. The van der Waals surface area contributed by atoms with E-state index in [1.807, 2.05) is 0 Å². The highest BCUT2D eigenvalue weighted by molar-refractivity contribution is 6.08. The minimum absolute atomic E-state index is 0.0996. The van der Waals surface area contributed by atoms with Crippen molar-refractivity contribution < 1.29 is 27.1 Å². The average molecular weight is 429 g/mol. The number of hydrogen-bond acceptors (Lipinski definition) is 5. The fourth-order valence-corrected chi connectivity index (χ4v) is 3.62. The Kier molecular flexibility index (Phi) is 5.09. The average Bonchev–Trinajstić information content (AvgIpc) is 3.03. The minimum Gasteiger partial charge on any atom is -0.489 e. The number of benzene rings is 1.